The third-order valence-electron chi connectivity index (χ3n) is 4.52. The molecule has 2 aromatic carbocycles. The van der Waals surface area contributed by atoms with E-state index in [9.17, 15) is 9.59 Å². The van der Waals surface area contributed by atoms with Crippen molar-refractivity contribution in [1.29, 1.82) is 0 Å². The van der Waals surface area contributed by atoms with Gasteiger partial charge in [-0.25, -0.2) is 0 Å². The van der Waals surface area contributed by atoms with Crippen LogP contribution in [0.4, 0.5) is 5.13 Å². The Labute approximate surface area is 161 Å². The maximum atomic E-state index is 12.4. The number of likely N-dealkylation sites (N-methyl/N-ethyl adjacent to an activating group) is 1. The highest BCUT2D eigenvalue weighted by Gasteiger charge is 2.34. The third-order valence-corrected chi connectivity index (χ3v) is 5.56. The molecule has 1 aromatic heterocycles. The largest absolute Gasteiger partial charge is 0.348 e. The molecule has 0 N–H and O–H groups in total. The Morgan fingerprint density at radius 2 is 1.56 bits per heavy atom. The van der Waals surface area contributed by atoms with E-state index < -0.39 is 0 Å². The molecule has 0 unspecified atom stereocenters. The molecule has 2 heterocycles. The fourth-order valence-electron chi connectivity index (χ4n) is 3.03. The summed E-state index contributed by atoms with van der Waals surface area (Å²) in [6.45, 7) is 0.821. The molecule has 0 spiro atoms. The normalized spacial score (nSPS) is 13.1. The average Bonchev–Trinajstić information content (AvgIpc) is 3.25. The van der Waals surface area contributed by atoms with Gasteiger partial charge >= 0.3 is 0 Å². The van der Waals surface area contributed by atoms with Crippen LogP contribution in [0.15, 0.2) is 54.6 Å². The maximum Gasteiger partial charge on any atom is 0.261 e. The first kappa shape index (κ1) is 17.4. The molecule has 1 aliphatic heterocycles. The van der Waals surface area contributed by atoms with E-state index in [2.05, 4.69) is 22.3 Å². The van der Waals surface area contributed by atoms with E-state index >= 15 is 0 Å². The van der Waals surface area contributed by atoms with Crippen LogP contribution in [0, 0.1) is 0 Å². The van der Waals surface area contributed by atoms with Gasteiger partial charge in [-0.15, -0.1) is 10.2 Å². The molecule has 3 aromatic rings. The molecule has 27 heavy (non-hydrogen) atoms. The van der Waals surface area contributed by atoms with E-state index in [1.807, 2.05) is 30.1 Å². The van der Waals surface area contributed by atoms with Crippen molar-refractivity contribution in [2.75, 3.05) is 25.0 Å². The summed E-state index contributed by atoms with van der Waals surface area (Å²) < 4.78 is 0. The van der Waals surface area contributed by atoms with Gasteiger partial charge in [0.15, 0.2) is 0 Å². The number of benzene rings is 2. The van der Waals surface area contributed by atoms with Gasteiger partial charge in [0.05, 0.1) is 11.1 Å². The summed E-state index contributed by atoms with van der Waals surface area (Å²) in [4.78, 5) is 28.1. The second-order valence-electron chi connectivity index (χ2n) is 6.37. The lowest BCUT2D eigenvalue weighted by atomic mass is 10.1. The summed E-state index contributed by atoms with van der Waals surface area (Å²) in [6.07, 6.45) is 0.741. The Bertz CT molecular complexity index is 951. The van der Waals surface area contributed by atoms with Crippen molar-refractivity contribution < 1.29 is 9.59 Å². The number of amides is 2. The predicted molar refractivity (Wildman–Crippen MR) is 104 cm³/mol. The van der Waals surface area contributed by atoms with Crippen LogP contribution in [0.5, 0.6) is 0 Å². The van der Waals surface area contributed by atoms with Gasteiger partial charge in [0.25, 0.3) is 11.8 Å². The van der Waals surface area contributed by atoms with Crippen LogP contribution >= 0.6 is 11.3 Å². The number of anilines is 1. The first-order valence-electron chi connectivity index (χ1n) is 8.66. The molecule has 7 heteroatoms. The summed E-state index contributed by atoms with van der Waals surface area (Å²) in [5.74, 6) is -0.461. The fraction of sp³-hybridized carbons (Fsp3) is 0.200. The molecule has 0 saturated heterocycles. The molecule has 136 valence electrons. The van der Waals surface area contributed by atoms with Crippen molar-refractivity contribution in [2.45, 2.75) is 6.42 Å². The summed E-state index contributed by atoms with van der Waals surface area (Å²) in [7, 11) is 1.89. The van der Waals surface area contributed by atoms with E-state index in [0.29, 0.717) is 24.2 Å². The standard InChI is InChI=1S/C20H18N4O2S/c1-23(20-22-21-17(27-20)13-14-7-3-2-4-8-14)11-12-24-18(25)15-9-5-6-10-16(15)19(24)26/h2-10H,11-13H2,1H3. The zero-order chi connectivity index (χ0) is 18.8. The highest BCUT2D eigenvalue weighted by molar-refractivity contribution is 7.15. The molecule has 0 atom stereocenters. The summed E-state index contributed by atoms with van der Waals surface area (Å²) >= 11 is 1.52. The lowest BCUT2D eigenvalue weighted by molar-refractivity contribution is 0.0658. The number of fused-ring (bicyclic) bond motifs is 1. The van der Waals surface area contributed by atoms with E-state index in [-0.39, 0.29) is 11.8 Å². The van der Waals surface area contributed by atoms with Crippen molar-refractivity contribution in [3.8, 4) is 0 Å². The number of hydrogen-bond donors (Lipinski definition) is 0. The van der Waals surface area contributed by atoms with Gasteiger partial charge in [-0.2, -0.15) is 0 Å². The van der Waals surface area contributed by atoms with Crippen molar-refractivity contribution in [3.63, 3.8) is 0 Å². The average molecular weight is 378 g/mol. The monoisotopic (exact) mass is 378 g/mol. The first-order chi connectivity index (χ1) is 13.1. The maximum absolute atomic E-state index is 12.4. The molecular formula is C20H18N4O2S. The van der Waals surface area contributed by atoms with Gasteiger partial charge < -0.3 is 4.90 Å². The number of carbonyl (C=O) groups is 2. The Kier molecular flexibility index (Phi) is 4.68. The van der Waals surface area contributed by atoms with E-state index in [1.54, 1.807) is 24.3 Å². The van der Waals surface area contributed by atoms with E-state index in [0.717, 1.165) is 16.6 Å². The van der Waals surface area contributed by atoms with Gasteiger partial charge in [0, 0.05) is 26.6 Å². The molecule has 0 fully saturated rings. The van der Waals surface area contributed by atoms with Crippen LogP contribution in [0.1, 0.15) is 31.3 Å². The minimum Gasteiger partial charge on any atom is -0.348 e. The number of carbonyl (C=O) groups excluding carboxylic acids is 2. The van der Waals surface area contributed by atoms with E-state index in [1.165, 1.54) is 21.8 Å². The molecule has 6 nitrogen and oxygen atoms in total. The van der Waals surface area contributed by atoms with Crippen LogP contribution in [0.3, 0.4) is 0 Å². The van der Waals surface area contributed by atoms with Crippen LogP contribution in [-0.4, -0.2) is 47.0 Å². The zero-order valence-electron chi connectivity index (χ0n) is 14.8. The highest BCUT2D eigenvalue weighted by Crippen LogP contribution is 2.24. The summed E-state index contributed by atoms with van der Waals surface area (Å²) in [5.41, 5.74) is 2.14. The number of rotatable bonds is 6. The molecule has 2 amide bonds. The van der Waals surface area contributed by atoms with Crippen molar-refractivity contribution in [1.82, 2.24) is 15.1 Å². The molecule has 0 saturated carbocycles. The van der Waals surface area contributed by atoms with Crippen LogP contribution in [0.2, 0.25) is 0 Å². The van der Waals surface area contributed by atoms with Crippen molar-refractivity contribution >= 4 is 28.3 Å². The molecule has 0 radical (unpaired) electrons. The molecule has 0 aliphatic carbocycles. The topological polar surface area (TPSA) is 66.4 Å². The minimum absolute atomic E-state index is 0.231. The fourth-order valence-corrected chi connectivity index (χ4v) is 3.89. The molecule has 0 bridgehead atoms. The van der Waals surface area contributed by atoms with Gasteiger partial charge in [0.2, 0.25) is 5.13 Å². The van der Waals surface area contributed by atoms with Gasteiger partial charge in [-0.05, 0) is 17.7 Å². The predicted octanol–water partition coefficient (Wildman–Crippen LogP) is 2.86. The van der Waals surface area contributed by atoms with Crippen LogP contribution in [0.25, 0.3) is 0 Å². The number of nitrogens with zero attached hydrogens (tertiary/aromatic N) is 4. The lowest BCUT2D eigenvalue weighted by Crippen LogP contribution is -2.37. The minimum atomic E-state index is -0.231. The van der Waals surface area contributed by atoms with Crippen molar-refractivity contribution in [3.05, 3.63) is 76.3 Å². The van der Waals surface area contributed by atoms with E-state index in [4.69, 9.17) is 0 Å². The van der Waals surface area contributed by atoms with Crippen LogP contribution < -0.4 is 4.90 Å². The van der Waals surface area contributed by atoms with Gasteiger partial charge in [0.1, 0.15) is 5.01 Å². The number of hydrogen-bond acceptors (Lipinski definition) is 6. The highest BCUT2D eigenvalue weighted by atomic mass is 32.1. The molecular weight excluding hydrogens is 360 g/mol. The molecule has 1 aliphatic rings. The quantitative estimate of drug-likeness (QED) is 0.617. The Morgan fingerprint density at radius 1 is 0.926 bits per heavy atom. The summed E-state index contributed by atoms with van der Waals surface area (Å²) in [5, 5.41) is 10.2. The van der Waals surface area contributed by atoms with Gasteiger partial charge in [-0.1, -0.05) is 53.8 Å². The third kappa shape index (κ3) is 3.46. The van der Waals surface area contributed by atoms with Crippen LogP contribution in [-0.2, 0) is 6.42 Å². The summed E-state index contributed by atoms with van der Waals surface area (Å²) in [6, 6.07) is 17.1. The van der Waals surface area contributed by atoms with Gasteiger partial charge in [-0.3, -0.25) is 14.5 Å². The second-order valence-corrected chi connectivity index (χ2v) is 7.41. The Hall–Kier alpha value is -3.06. The van der Waals surface area contributed by atoms with Crippen molar-refractivity contribution in [2.24, 2.45) is 0 Å². The number of aromatic nitrogens is 2. The Balaban J connectivity index is 1.38. The first-order valence-corrected chi connectivity index (χ1v) is 9.48. The Morgan fingerprint density at radius 3 is 2.22 bits per heavy atom. The SMILES string of the molecule is CN(CCN1C(=O)c2ccccc2C1=O)c1nnc(Cc2ccccc2)s1. The second kappa shape index (κ2) is 7.28. The lowest BCUT2D eigenvalue weighted by Gasteiger charge is -2.19. The number of imide groups is 1. The smallest absolute Gasteiger partial charge is 0.261 e. The molecule has 4 rings (SSSR count). The zero-order valence-corrected chi connectivity index (χ0v) is 15.6.